The Labute approximate surface area is 107 Å². The van der Waals surface area contributed by atoms with Crippen molar-refractivity contribution in [3.63, 3.8) is 0 Å². The van der Waals surface area contributed by atoms with Crippen molar-refractivity contribution in [1.29, 1.82) is 0 Å². The van der Waals surface area contributed by atoms with Gasteiger partial charge in [0.1, 0.15) is 5.82 Å². The number of hydrogen-bond donors (Lipinski definition) is 2. The Hall–Kier alpha value is -1.42. The Morgan fingerprint density at radius 2 is 1.94 bits per heavy atom. The van der Waals surface area contributed by atoms with Crippen LogP contribution in [0.5, 0.6) is 0 Å². The van der Waals surface area contributed by atoms with E-state index in [1.807, 2.05) is 13.8 Å². The van der Waals surface area contributed by atoms with E-state index in [0.717, 1.165) is 0 Å². The second-order valence-corrected chi connectivity index (χ2v) is 4.49. The van der Waals surface area contributed by atoms with E-state index in [2.05, 4.69) is 5.32 Å². The highest BCUT2D eigenvalue weighted by Crippen LogP contribution is 2.25. The lowest BCUT2D eigenvalue weighted by atomic mass is 9.82. The van der Waals surface area contributed by atoms with Crippen molar-refractivity contribution in [3.05, 3.63) is 35.6 Å². The summed E-state index contributed by atoms with van der Waals surface area (Å²) in [6.45, 7) is 4.43. The van der Waals surface area contributed by atoms with Gasteiger partial charge in [0.15, 0.2) is 0 Å². The van der Waals surface area contributed by atoms with Crippen LogP contribution in [0.3, 0.4) is 0 Å². The Balaban J connectivity index is 2.60. The van der Waals surface area contributed by atoms with Crippen LogP contribution in [0.1, 0.15) is 32.3 Å². The van der Waals surface area contributed by atoms with Crippen molar-refractivity contribution >= 4 is 5.97 Å². The molecule has 0 aliphatic carbocycles. The first-order chi connectivity index (χ1) is 8.55. The molecule has 4 heteroatoms. The van der Waals surface area contributed by atoms with Gasteiger partial charge in [-0.1, -0.05) is 32.0 Å². The summed E-state index contributed by atoms with van der Waals surface area (Å²) in [6.07, 6.45) is 1.12. The van der Waals surface area contributed by atoms with E-state index in [-0.39, 0.29) is 5.82 Å². The Kier molecular flexibility index (Phi) is 5.28. The molecule has 0 saturated carbocycles. The topological polar surface area (TPSA) is 49.3 Å². The second-order valence-electron chi connectivity index (χ2n) is 4.49. The normalized spacial score (nSPS) is 11.5. The van der Waals surface area contributed by atoms with Gasteiger partial charge in [0.25, 0.3) is 0 Å². The first kappa shape index (κ1) is 14.6. The molecule has 0 bridgehead atoms. The number of carboxylic acids is 1. The molecule has 0 atom stereocenters. The zero-order valence-electron chi connectivity index (χ0n) is 10.9. The largest absolute Gasteiger partial charge is 0.481 e. The summed E-state index contributed by atoms with van der Waals surface area (Å²) in [4.78, 5) is 11.3. The predicted molar refractivity (Wildman–Crippen MR) is 68.8 cm³/mol. The maximum Gasteiger partial charge on any atom is 0.310 e. The van der Waals surface area contributed by atoms with Gasteiger partial charge in [0.2, 0.25) is 0 Å². The summed E-state index contributed by atoms with van der Waals surface area (Å²) in [5, 5.41) is 12.3. The van der Waals surface area contributed by atoms with Gasteiger partial charge in [-0.15, -0.1) is 0 Å². The van der Waals surface area contributed by atoms with Gasteiger partial charge in [0.05, 0.1) is 5.41 Å². The van der Waals surface area contributed by atoms with Crippen LogP contribution in [0.2, 0.25) is 0 Å². The molecule has 0 unspecified atom stereocenters. The minimum absolute atomic E-state index is 0.265. The lowest BCUT2D eigenvalue weighted by Gasteiger charge is -2.27. The monoisotopic (exact) mass is 253 g/mol. The van der Waals surface area contributed by atoms with Crippen molar-refractivity contribution in [2.24, 2.45) is 5.41 Å². The molecule has 3 nitrogen and oxygen atoms in total. The zero-order chi connectivity index (χ0) is 13.6. The van der Waals surface area contributed by atoms with E-state index in [0.29, 0.717) is 31.5 Å². The van der Waals surface area contributed by atoms with E-state index in [1.165, 1.54) is 6.07 Å². The van der Waals surface area contributed by atoms with E-state index < -0.39 is 11.4 Å². The van der Waals surface area contributed by atoms with Crippen molar-refractivity contribution in [1.82, 2.24) is 5.32 Å². The van der Waals surface area contributed by atoms with Crippen LogP contribution in [0, 0.1) is 11.2 Å². The maximum absolute atomic E-state index is 13.4. The summed E-state index contributed by atoms with van der Waals surface area (Å²) < 4.78 is 13.4. The summed E-state index contributed by atoms with van der Waals surface area (Å²) >= 11 is 0. The Morgan fingerprint density at radius 1 is 1.33 bits per heavy atom. The van der Waals surface area contributed by atoms with Crippen LogP contribution in [0.15, 0.2) is 24.3 Å². The minimum atomic E-state index is -0.798. The molecule has 0 amide bonds. The lowest BCUT2D eigenvalue weighted by molar-refractivity contribution is -0.149. The predicted octanol–water partition coefficient (Wildman–Crippen LogP) is 2.81. The molecule has 1 aromatic carbocycles. The van der Waals surface area contributed by atoms with Crippen LogP contribution in [-0.4, -0.2) is 17.6 Å². The molecule has 2 N–H and O–H groups in total. The third-order valence-corrected chi connectivity index (χ3v) is 3.54. The average Bonchev–Trinajstić information content (AvgIpc) is 2.37. The van der Waals surface area contributed by atoms with Crippen molar-refractivity contribution in [2.45, 2.75) is 33.2 Å². The molecule has 0 radical (unpaired) electrons. The van der Waals surface area contributed by atoms with Crippen LogP contribution in [0.4, 0.5) is 4.39 Å². The molecule has 0 spiro atoms. The van der Waals surface area contributed by atoms with Gasteiger partial charge in [0, 0.05) is 18.7 Å². The molecule has 0 aliphatic heterocycles. The van der Waals surface area contributed by atoms with Crippen LogP contribution < -0.4 is 5.32 Å². The third-order valence-electron chi connectivity index (χ3n) is 3.54. The molecule has 100 valence electrons. The number of aliphatic carboxylic acids is 1. The van der Waals surface area contributed by atoms with Crippen LogP contribution in [0.25, 0.3) is 0 Å². The number of carbonyl (C=O) groups is 1. The summed E-state index contributed by atoms with van der Waals surface area (Å²) in [7, 11) is 0. The molecule has 1 aromatic rings. The Morgan fingerprint density at radius 3 is 2.44 bits per heavy atom. The number of nitrogens with one attached hydrogen (secondary N) is 1. The first-order valence-corrected chi connectivity index (χ1v) is 6.23. The highest BCUT2D eigenvalue weighted by Gasteiger charge is 2.34. The van der Waals surface area contributed by atoms with Gasteiger partial charge in [-0.3, -0.25) is 4.79 Å². The van der Waals surface area contributed by atoms with E-state index in [1.54, 1.807) is 18.2 Å². The first-order valence-electron chi connectivity index (χ1n) is 6.23. The third kappa shape index (κ3) is 3.29. The maximum atomic E-state index is 13.4. The number of rotatable bonds is 7. The van der Waals surface area contributed by atoms with Gasteiger partial charge < -0.3 is 10.4 Å². The Bertz CT molecular complexity index is 403. The zero-order valence-corrected chi connectivity index (χ0v) is 10.9. The molecular formula is C14H20FNO2. The summed E-state index contributed by atoms with van der Waals surface area (Å²) in [5.41, 5.74) is -0.199. The standard InChI is InChI=1S/C14H20FNO2/c1-3-14(4-2,13(17)18)10-16-9-11-7-5-6-8-12(11)15/h5-8,16H,3-4,9-10H2,1-2H3,(H,17,18). The fourth-order valence-corrected chi connectivity index (χ4v) is 1.96. The van der Waals surface area contributed by atoms with Gasteiger partial charge in [-0.05, 0) is 18.9 Å². The fourth-order valence-electron chi connectivity index (χ4n) is 1.96. The van der Waals surface area contributed by atoms with Gasteiger partial charge >= 0.3 is 5.97 Å². The number of hydrogen-bond acceptors (Lipinski definition) is 2. The van der Waals surface area contributed by atoms with E-state index in [9.17, 15) is 14.3 Å². The van der Waals surface area contributed by atoms with Crippen molar-refractivity contribution < 1.29 is 14.3 Å². The van der Waals surface area contributed by atoms with Crippen LogP contribution >= 0.6 is 0 Å². The molecule has 0 aromatic heterocycles. The average molecular weight is 253 g/mol. The fraction of sp³-hybridized carbons (Fsp3) is 0.500. The number of halogens is 1. The molecule has 18 heavy (non-hydrogen) atoms. The number of benzene rings is 1. The molecule has 0 saturated heterocycles. The van der Waals surface area contributed by atoms with E-state index >= 15 is 0 Å². The molecule has 1 rings (SSSR count). The minimum Gasteiger partial charge on any atom is -0.481 e. The van der Waals surface area contributed by atoms with Crippen LogP contribution in [-0.2, 0) is 11.3 Å². The summed E-state index contributed by atoms with van der Waals surface area (Å²) in [6, 6.07) is 6.51. The van der Waals surface area contributed by atoms with Gasteiger partial charge in [-0.2, -0.15) is 0 Å². The highest BCUT2D eigenvalue weighted by atomic mass is 19.1. The highest BCUT2D eigenvalue weighted by molar-refractivity contribution is 5.74. The quantitative estimate of drug-likeness (QED) is 0.785. The van der Waals surface area contributed by atoms with Crippen molar-refractivity contribution in [3.8, 4) is 0 Å². The smallest absolute Gasteiger partial charge is 0.310 e. The van der Waals surface area contributed by atoms with Gasteiger partial charge in [-0.25, -0.2) is 4.39 Å². The molecular weight excluding hydrogens is 233 g/mol. The molecule has 0 fully saturated rings. The van der Waals surface area contributed by atoms with E-state index in [4.69, 9.17) is 0 Å². The SMILES string of the molecule is CCC(CC)(CNCc1ccccc1F)C(=O)O. The molecule has 0 aliphatic rings. The lowest BCUT2D eigenvalue weighted by Crippen LogP contribution is -2.40. The molecule has 0 heterocycles. The summed E-state index contributed by atoms with van der Waals surface area (Å²) in [5.74, 6) is -1.06. The number of carboxylic acid groups (broad SMARTS) is 1. The van der Waals surface area contributed by atoms with Crippen molar-refractivity contribution in [2.75, 3.05) is 6.54 Å². The second kappa shape index (κ2) is 6.50.